The Morgan fingerprint density at radius 3 is 2.63 bits per heavy atom. The van der Waals surface area contributed by atoms with Crippen LogP contribution in [0.2, 0.25) is 0 Å². The minimum absolute atomic E-state index is 0.0457. The van der Waals surface area contributed by atoms with E-state index in [0.717, 1.165) is 49.8 Å². The first-order valence-electron chi connectivity index (χ1n) is 11.7. The number of carbonyl (C=O) groups excluding carboxylic acids is 1. The summed E-state index contributed by atoms with van der Waals surface area (Å²) in [6.07, 6.45) is 5.86. The topological polar surface area (TPSA) is 105 Å². The lowest BCUT2D eigenvalue weighted by molar-refractivity contribution is 0.102. The van der Waals surface area contributed by atoms with Crippen molar-refractivity contribution in [1.82, 2.24) is 14.5 Å². The molecule has 0 atom stereocenters. The maximum Gasteiger partial charge on any atom is 0.276 e. The Labute approximate surface area is 203 Å². The molecule has 0 unspecified atom stereocenters. The van der Waals surface area contributed by atoms with E-state index in [4.69, 9.17) is 0 Å². The second kappa shape index (κ2) is 9.61. The number of fused-ring (bicyclic) bond motifs is 1. The van der Waals surface area contributed by atoms with Gasteiger partial charge in [0.1, 0.15) is 11.7 Å². The molecule has 5 rings (SSSR count). The predicted octanol–water partition coefficient (Wildman–Crippen LogP) is 4.00. The number of nitrogens with one attached hydrogen (secondary N) is 2. The van der Waals surface area contributed by atoms with E-state index < -0.39 is 15.9 Å². The van der Waals surface area contributed by atoms with Crippen LogP contribution in [0.5, 0.6) is 0 Å². The third-order valence-electron chi connectivity index (χ3n) is 6.25. The fourth-order valence-electron chi connectivity index (χ4n) is 4.52. The molecule has 0 radical (unpaired) electrons. The lowest BCUT2D eigenvalue weighted by atomic mass is 10.2. The van der Waals surface area contributed by atoms with Crippen LogP contribution in [0, 0.1) is 5.82 Å². The number of anilines is 1. The summed E-state index contributed by atoms with van der Waals surface area (Å²) in [5.41, 5.74) is 3.13. The Morgan fingerprint density at radius 2 is 1.80 bits per heavy atom. The molecule has 0 saturated carbocycles. The van der Waals surface area contributed by atoms with E-state index in [1.165, 1.54) is 24.3 Å². The highest BCUT2D eigenvalue weighted by atomic mass is 32.2. The van der Waals surface area contributed by atoms with Crippen molar-refractivity contribution in [2.75, 3.05) is 11.9 Å². The highest BCUT2D eigenvalue weighted by Crippen LogP contribution is 2.28. The van der Waals surface area contributed by atoms with E-state index in [1.54, 1.807) is 28.9 Å². The molecule has 35 heavy (non-hydrogen) atoms. The van der Waals surface area contributed by atoms with Crippen LogP contribution < -0.4 is 10.0 Å². The summed E-state index contributed by atoms with van der Waals surface area (Å²) >= 11 is 0. The minimum atomic E-state index is -3.83. The smallest absolute Gasteiger partial charge is 0.276 e. The molecule has 0 fully saturated rings. The molecule has 2 aliphatic rings. The number of aromatic nitrogens is 2. The summed E-state index contributed by atoms with van der Waals surface area (Å²) in [6.45, 7) is 0.614. The third kappa shape index (κ3) is 4.97. The van der Waals surface area contributed by atoms with Crippen molar-refractivity contribution in [3.05, 3.63) is 71.3 Å². The molecule has 2 N–H and O–H groups in total. The largest absolute Gasteiger partial charge is 0.321 e. The number of benzene rings is 2. The van der Waals surface area contributed by atoms with Crippen molar-refractivity contribution in [3.8, 4) is 5.69 Å². The van der Waals surface area contributed by atoms with Gasteiger partial charge in [0, 0.05) is 29.9 Å². The molecule has 10 heteroatoms. The van der Waals surface area contributed by atoms with E-state index in [1.807, 2.05) is 0 Å². The Morgan fingerprint density at radius 1 is 0.971 bits per heavy atom. The number of halogens is 1. The van der Waals surface area contributed by atoms with Crippen LogP contribution >= 0.6 is 0 Å². The van der Waals surface area contributed by atoms with Crippen LogP contribution in [0.25, 0.3) is 5.69 Å². The van der Waals surface area contributed by atoms with E-state index in [2.05, 4.69) is 20.1 Å². The molecule has 3 aromatic rings. The first-order chi connectivity index (χ1) is 16.9. The van der Waals surface area contributed by atoms with Gasteiger partial charge in [0.25, 0.3) is 15.9 Å². The average molecular weight is 496 g/mol. The van der Waals surface area contributed by atoms with Crippen molar-refractivity contribution in [2.24, 2.45) is 4.99 Å². The van der Waals surface area contributed by atoms with Gasteiger partial charge in [-0.25, -0.2) is 17.5 Å². The quantitative estimate of drug-likeness (QED) is 0.558. The van der Waals surface area contributed by atoms with Gasteiger partial charge >= 0.3 is 0 Å². The number of aliphatic imine (C=N–C) groups is 1. The summed E-state index contributed by atoms with van der Waals surface area (Å²) in [6, 6.07) is 12.1. The molecular formula is C25H26FN5O3S. The van der Waals surface area contributed by atoms with Crippen LogP contribution in [-0.2, 0) is 22.9 Å². The number of rotatable bonds is 5. The van der Waals surface area contributed by atoms with Gasteiger partial charge in [-0.15, -0.1) is 0 Å². The zero-order valence-electron chi connectivity index (χ0n) is 19.1. The van der Waals surface area contributed by atoms with E-state index in [0.29, 0.717) is 35.9 Å². The van der Waals surface area contributed by atoms with Gasteiger partial charge < -0.3 is 5.32 Å². The first-order valence-corrected chi connectivity index (χ1v) is 13.2. The molecule has 2 aromatic carbocycles. The second-order valence-electron chi connectivity index (χ2n) is 8.74. The van der Waals surface area contributed by atoms with Crippen molar-refractivity contribution in [3.63, 3.8) is 0 Å². The number of amidine groups is 1. The van der Waals surface area contributed by atoms with Gasteiger partial charge in [0.05, 0.1) is 10.6 Å². The standard InChI is InChI=1S/C25H26FN5O3S/c26-17-11-13-19(14-12-17)31-22-9-5-8-21(22)24(29-31)25(32)28-18-6-4-7-20(16-18)35(33,34)30-23-10-2-1-3-15-27-23/h4,6-7,11-14,16H,1-3,5,8-10,15H2,(H,27,30)(H,28,32). The predicted molar refractivity (Wildman–Crippen MR) is 131 cm³/mol. The third-order valence-corrected chi connectivity index (χ3v) is 7.62. The van der Waals surface area contributed by atoms with Gasteiger partial charge in [0.15, 0.2) is 5.69 Å². The van der Waals surface area contributed by atoms with Crippen LogP contribution in [0.3, 0.4) is 0 Å². The van der Waals surface area contributed by atoms with Gasteiger partial charge in [-0.1, -0.05) is 12.5 Å². The Hall–Kier alpha value is -3.53. The van der Waals surface area contributed by atoms with Gasteiger partial charge in [0.2, 0.25) is 0 Å². The molecule has 2 heterocycles. The number of carbonyl (C=O) groups is 1. The molecule has 0 bridgehead atoms. The Balaban J connectivity index is 1.37. The van der Waals surface area contributed by atoms with Crippen molar-refractivity contribution < 1.29 is 17.6 Å². The maximum atomic E-state index is 13.4. The van der Waals surface area contributed by atoms with Crippen molar-refractivity contribution in [1.29, 1.82) is 0 Å². The molecule has 1 amide bonds. The summed E-state index contributed by atoms with van der Waals surface area (Å²) in [5.74, 6) is -0.288. The first kappa shape index (κ1) is 23.2. The summed E-state index contributed by atoms with van der Waals surface area (Å²) in [5, 5.41) is 7.31. The van der Waals surface area contributed by atoms with Crippen LogP contribution in [0.15, 0.2) is 58.4 Å². The van der Waals surface area contributed by atoms with Crippen LogP contribution in [0.1, 0.15) is 53.8 Å². The highest BCUT2D eigenvalue weighted by Gasteiger charge is 2.27. The minimum Gasteiger partial charge on any atom is -0.321 e. The summed E-state index contributed by atoms with van der Waals surface area (Å²) in [7, 11) is -3.83. The molecule has 8 nitrogen and oxygen atoms in total. The maximum absolute atomic E-state index is 13.4. The van der Waals surface area contributed by atoms with Crippen LogP contribution in [-0.4, -0.2) is 36.5 Å². The monoisotopic (exact) mass is 495 g/mol. The molecular weight excluding hydrogens is 469 g/mol. The van der Waals surface area contributed by atoms with Gasteiger partial charge in [-0.2, -0.15) is 5.10 Å². The fraction of sp³-hybridized carbons (Fsp3) is 0.320. The molecule has 0 spiro atoms. The number of amides is 1. The highest BCUT2D eigenvalue weighted by molar-refractivity contribution is 7.90. The second-order valence-corrected chi connectivity index (χ2v) is 10.4. The SMILES string of the molecule is O=C(Nc1cccc(S(=O)(=O)NC2=NCCCCC2)c1)c1nn(-c2ccc(F)cc2)c2c1CCC2. The number of hydrogen-bond acceptors (Lipinski definition) is 5. The zero-order chi connectivity index (χ0) is 24.4. The summed E-state index contributed by atoms with van der Waals surface area (Å²) in [4.78, 5) is 17.5. The number of hydrogen-bond donors (Lipinski definition) is 2. The number of nitrogens with zero attached hydrogens (tertiary/aromatic N) is 3. The lowest BCUT2D eigenvalue weighted by Crippen LogP contribution is -2.30. The molecule has 0 saturated heterocycles. The molecule has 1 aromatic heterocycles. The average Bonchev–Trinajstić information content (AvgIpc) is 3.36. The molecule has 1 aliphatic heterocycles. The Kier molecular flexibility index (Phi) is 6.38. The normalized spacial score (nSPS) is 15.7. The summed E-state index contributed by atoms with van der Waals surface area (Å²) < 4.78 is 43.5. The number of sulfonamides is 1. The van der Waals surface area contributed by atoms with E-state index in [-0.39, 0.29) is 10.7 Å². The van der Waals surface area contributed by atoms with Crippen LogP contribution in [0.4, 0.5) is 10.1 Å². The molecule has 1 aliphatic carbocycles. The lowest BCUT2D eigenvalue weighted by Gasteiger charge is -2.11. The fourth-order valence-corrected chi connectivity index (χ4v) is 5.65. The van der Waals surface area contributed by atoms with E-state index >= 15 is 0 Å². The zero-order valence-corrected chi connectivity index (χ0v) is 19.9. The van der Waals surface area contributed by atoms with Gasteiger partial charge in [-0.3, -0.25) is 14.5 Å². The van der Waals surface area contributed by atoms with Gasteiger partial charge in [-0.05, 0) is 74.6 Å². The molecule has 182 valence electrons. The Bertz CT molecular complexity index is 1400. The van der Waals surface area contributed by atoms with Crippen molar-refractivity contribution in [2.45, 2.75) is 49.8 Å². The van der Waals surface area contributed by atoms with E-state index in [9.17, 15) is 17.6 Å². The van der Waals surface area contributed by atoms with Crippen molar-refractivity contribution >= 4 is 27.5 Å².